The molecule has 4 heteroatoms. The Hall–Kier alpha value is -2.07. The topological polar surface area (TPSA) is 53.7 Å². The van der Waals surface area contributed by atoms with Crippen LogP contribution in [0.5, 0.6) is 0 Å². The van der Waals surface area contributed by atoms with Gasteiger partial charge in [-0.25, -0.2) is 0 Å². The molecule has 1 N–H and O–H groups in total. The predicted octanol–water partition coefficient (Wildman–Crippen LogP) is 4.16. The minimum Gasteiger partial charge on any atom is -0.480 e. The van der Waals surface area contributed by atoms with Crippen molar-refractivity contribution in [3.05, 3.63) is 48.2 Å². The highest BCUT2D eigenvalue weighted by Crippen LogP contribution is 2.40. The van der Waals surface area contributed by atoms with E-state index in [0.29, 0.717) is 18.5 Å². The van der Waals surface area contributed by atoms with Crippen molar-refractivity contribution < 1.29 is 14.3 Å². The molecule has 0 amide bonds. The lowest BCUT2D eigenvalue weighted by Gasteiger charge is -2.32. The third kappa shape index (κ3) is 2.86. The number of hydrogen-bond donors (Lipinski definition) is 1. The molecule has 2 heterocycles. The monoisotopic (exact) mass is 325 g/mol. The van der Waals surface area contributed by atoms with Crippen LogP contribution in [0.15, 0.2) is 46.9 Å². The van der Waals surface area contributed by atoms with Gasteiger partial charge in [0.25, 0.3) is 0 Å². The number of aliphatic carboxylic acids is 1. The first-order valence-corrected chi connectivity index (χ1v) is 8.85. The van der Waals surface area contributed by atoms with Gasteiger partial charge in [-0.3, -0.25) is 9.69 Å². The van der Waals surface area contributed by atoms with Gasteiger partial charge in [-0.05, 0) is 37.3 Å². The quantitative estimate of drug-likeness (QED) is 0.917. The maximum absolute atomic E-state index is 11.7. The maximum atomic E-state index is 11.7. The van der Waals surface area contributed by atoms with E-state index in [9.17, 15) is 9.90 Å². The van der Waals surface area contributed by atoms with Crippen LogP contribution in [0, 0.1) is 5.92 Å². The molecule has 126 valence electrons. The van der Waals surface area contributed by atoms with Gasteiger partial charge >= 0.3 is 5.97 Å². The Kier molecular flexibility index (Phi) is 4.15. The fourth-order valence-corrected chi connectivity index (χ4v) is 4.42. The second kappa shape index (κ2) is 6.44. The van der Waals surface area contributed by atoms with Gasteiger partial charge in [0.05, 0.1) is 6.54 Å². The molecule has 24 heavy (non-hydrogen) atoms. The largest absolute Gasteiger partial charge is 0.480 e. The van der Waals surface area contributed by atoms with E-state index in [1.165, 1.54) is 19.3 Å². The second-order valence-electron chi connectivity index (χ2n) is 7.01. The van der Waals surface area contributed by atoms with Crippen LogP contribution in [0.1, 0.15) is 37.9 Å². The molecule has 2 fully saturated rings. The molecule has 1 saturated carbocycles. The van der Waals surface area contributed by atoms with Gasteiger partial charge in [-0.15, -0.1) is 0 Å². The van der Waals surface area contributed by atoms with Crippen LogP contribution in [0.3, 0.4) is 0 Å². The molecule has 4 nitrogen and oxygen atoms in total. The lowest BCUT2D eigenvalue weighted by atomic mass is 9.85. The molecule has 0 bridgehead atoms. The van der Waals surface area contributed by atoms with Crippen molar-refractivity contribution in [1.29, 1.82) is 0 Å². The van der Waals surface area contributed by atoms with Crippen LogP contribution in [0.2, 0.25) is 0 Å². The summed E-state index contributed by atoms with van der Waals surface area (Å²) in [5.74, 6) is 1.53. The van der Waals surface area contributed by atoms with Crippen LogP contribution in [-0.2, 0) is 11.3 Å². The lowest BCUT2D eigenvalue weighted by Crippen LogP contribution is -2.41. The average Bonchev–Trinajstić information content (AvgIpc) is 3.21. The number of carboxylic acid groups (broad SMARTS) is 1. The molecule has 0 spiro atoms. The molecule has 1 aliphatic heterocycles. The molecule has 4 rings (SSSR count). The fourth-order valence-electron chi connectivity index (χ4n) is 4.42. The molecule has 1 aromatic heterocycles. The number of nitrogens with zero attached hydrogens (tertiary/aromatic N) is 1. The summed E-state index contributed by atoms with van der Waals surface area (Å²) < 4.78 is 6.00. The minimum atomic E-state index is -0.695. The number of benzene rings is 1. The predicted molar refractivity (Wildman–Crippen MR) is 91.5 cm³/mol. The van der Waals surface area contributed by atoms with Crippen molar-refractivity contribution in [2.24, 2.45) is 5.92 Å². The van der Waals surface area contributed by atoms with Crippen molar-refractivity contribution >= 4 is 5.97 Å². The number of fused-ring (bicyclic) bond motifs is 1. The first kappa shape index (κ1) is 15.5. The summed E-state index contributed by atoms with van der Waals surface area (Å²) in [7, 11) is 0. The van der Waals surface area contributed by atoms with E-state index in [1.54, 1.807) is 0 Å². The summed E-state index contributed by atoms with van der Waals surface area (Å²) in [6.45, 7) is 0.588. The highest BCUT2D eigenvalue weighted by molar-refractivity contribution is 5.74. The lowest BCUT2D eigenvalue weighted by molar-refractivity contribution is -0.143. The summed E-state index contributed by atoms with van der Waals surface area (Å²) in [6.07, 6.45) is 5.50. The third-order valence-corrected chi connectivity index (χ3v) is 5.56. The molecule has 2 aromatic rings. The van der Waals surface area contributed by atoms with Crippen molar-refractivity contribution in [3.63, 3.8) is 0 Å². The van der Waals surface area contributed by atoms with E-state index < -0.39 is 5.97 Å². The van der Waals surface area contributed by atoms with Crippen LogP contribution < -0.4 is 0 Å². The molecular weight excluding hydrogens is 302 g/mol. The zero-order valence-corrected chi connectivity index (χ0v) is 13.7. The van der Waals surface area contributed by atoms with Gasteiger partial charge in [-0.2, -0.15) is 0 Å². The number of likely N-dealkylation sites (tertiary alicyclic amines) is 1. The number of rotatable bonds is 4. The van der Waals surface area contributed by atoms with Crippen molar-refractivity contribution in [2.75, 3.05) is 0 Å². The summed E-state index contributed by atoms with van der Waals surface area (Å²) in [5, 5.41) is 9.62. The van der Waals surface area contributed by atoms with E-state index in [0.717, 1.165) is 29.9 Å². The fraction of sp³-hybridized carbons (Fsp3) is 0.450. The molecule has 3 atom stereocenters. The van der Waals surface area contributed by atoms with Gasteiger partial charge in [-0.1, -0.05) is 43.2 Å². The van der Waals surface area contributed by atoms with Gasteiger partial charge in [0, 0.05) is 11.6 Å². The summed E-state index contributed by atoms with van der Waals surface area (Å²) in [5.41, 5.74) is 1.05. The molecular formula is C20H23NO3. The minimum absolute atomic E-state index is 0.372. The first-order valence-electron chi connectivity index (χ1n) is 8.85. The Balaban J connectivity index is 1.55. The van der Waals surface area contributed by atoms with Crippen molar-refractivity contribution in [1.82, 2.24) is 4.90 Å². The zero-order chi connectivity index (χ0) is 16.5. The highest BCUT2D eigenvalue weighted by atomic mass is 16.4. The molecule has 1 aliphatic carbocycles. The Morgan fingerprint density at radius 1 is 1.12 bits per heavy atom. The molecule has 0 radical (unpaired) electrons. The Morgan fingerprint density at radius 3 is 2.71 bits per heavy atom. The number of carboxylic acids is 1. The molecule has 1 aromatic carbocycles. The average molecular weight is 325 g/mol. The van der Waals surface area contributed by atoms with E-state index in [2.05, 4.69) is 4.90 Å². The number of hydrogen-bond acceptors (Lipinski definition) is 3. The van der Waals surface area contributed by atoms with Crippen LogP contribution in [-0.4, -0.2) is 28.1 Å². The van der Waals surface area contributed by atoms with Crippen LogP contribution in [0.25, 0.3) is 11.3 Å². The SMILES string of the molecule is O=C(O)C1CC2CCCCC2N1Cc1ccc(-c2ccccc2)o1. The zero-order valence-electron chi connectivity index (χ0n) is 13.7. The second-order valence-corrected chi connectivity index (χ2v) is 7.01. The smallest absolute Gasteiger partial charge is 0.320 e. The van der Waals surface area contributed by atoms with E-state index in [4.69, 9.17) is 4.42 Å². The molecule has 1 saturated heterocycles. The summed E-state index contributed by atoms with van der Waals surface area (Å²) in [4.78, 5) is 13.9. The highest BCUT2D eigenvalue weighted by Gasteiger charge is 2.45. The maximum Gasteiger partial charge on any atom is 0.320 e. The van der Waals surface area contributed by atoms with Gasteiger partial charge in [0.1, 0.15) is 17.6 Å². The summed E-state index contributed by atoms with van der Waals surface area (Å²) in [6, 6.07) is 14.0. The van der Waals surface area contributed by atoms with Gasteiger partial charge in [0.15, 0.2) is 0 Å². The summed E-state index contributed by atoms with van der Waals surface area (Å²) >= 11 is 0. The molecule has 2 aliphatic rings. The normalized spacial score (nSPS) is 27.1. The third-order valence-electron chi connectivity index (χ3n) is 5.56. The Labute approximate surface area is 142 Å². The molecule has 3 unspecified atom stereocenters. The number of furan rings is 1. The van der Waals surface area contributed by atoms with Crippen molar-refractivity contribution in [2.45, 2.75) is 50.7 Å². The first-order chi connectivity index (χ1) is 11.7. The van der Waals surface area contributed by atoms with E-state index >= 15 is 0 Å². The Morgan fingerprint density at radius 2 is 1.92 bits per heavy atom. The Bertz CT molecular complexity index is 709. The van der Waals surface area contributed by atoms with Gasteiger partial charge in [0.2, 0.25) is 0 Å². The van der Waals surface area contributed by atoms with E-state index in [1.807, 2.05) is 42.5 Å². The van der Waals surface area contributed by atoms with E-state index in [-0.39, 0.29) is 6.04 Å². The van der Waals surface area contributed by atoms with Crippen LogP contribution in [0.4, 0.5) is 0 Å². The van der Waals surface area contributed by atoms with Crippen LogP contribution >= 0.6 is 0 Å². The van der Waals surface area contributed by atoms with Gasteiger partial charge < -0.3 is 9.52 Å². The standard InChI is InChI=1S/C20H23NO3/c22-20(23)18-12-15-8-4-5-9-17(15)21(18)13-16-10-11-19(24-16)14-6-2-1-3-7-14/h1-3,6-7,10-11,15,17-18H,4-5,8-9,12-13H2,(H,22,23). The number of carbonyl (C=O) groups is 1. The van der Waals surface area contributed by atoms with Crippen molar-refractivity contribution in [3.8, 4) is 11.3 Å².